The molecule has 0 aliphatic carbocycles. The summed E-state index contributed by atoms with van der Waals surface area (Å²) in [5, 5.41) is 0. The van der Waals surface area contributed by atoms with E-state index >= 15 is 0 Å². The smallest absolute Gasteiger partial charge is 0.410 e. The summed E-state index contributed by atoms with van der Waals surface area (Å²) in [6.07, 6.45) is 1.74. The molecule has 4 rings (SSSR count). The van der Waals surface area contributed by atoms with Crippen molar-refractivity contribution in [1.82, 2.24) is 14.7 Å². The lowest BCUT2D eigenvalue weighted by Gasteiger charge is -2.28. The molecule has 2 unspecified atom stereocenters. The molecule has 2 atom stereocenters. The van der Waals surface area contributed by atoms with Gasteiger partial charge in [0.2, 0.25) is 5.91 Å². The maximum absolute atomic E-state index is 12.6. The number of carbonyl (C=O) groups is 2. The standard InChI is InChI=1S/C21H29N3O4/c25-20(8-7-17-5-2-1-3-6-17)23-15-18-19(16-23)28-21(26)24(18)10-4-9-22-11-13-27-14-12-22/h1-3,5-6,18-19H,4,7-16H2. The van der Waals surface area contributed by atoms with Crippen LogP contribution in [0.15, 0.2) is 30.3 Å². The second kappa shape index (κ2) is 8.92. The number of amides is 2. The van der Waals surface area contributed by atoms with Gasteiger partial charge >= 0.3 is 6.09 Å². The zero-order valence-electron chi connectivity index (χ0n) is 16.3. The van der Waals surface area contributed by atoms with Crippen LogP contribution in [0.4, 0.5) is 4.79 Å². The van der Waals surface area contributed by atoms with Crippen molar-refractivity contribution in [3.05, 3.63) is 35.9 Å². The summed E-state index contributed by atoms with van der Waals surface area (Å²) in [6, 6.07) is 10.1. The van der Waals surface area contributed by atoms with Gasteiger partial charge < -0.3 is 14.4 Å². The second-order valence-electron chi connectivity index (χ2n) is 7.77. The number of hydrogen-bond donors (Lipinski definition) is 0. The molecule has 152 valence electrons. The Morgan fingerprint density at radius 3 is 2.64 bits per heavy atom. The van der Waals surface area contributed by atoms with E-state index in [0.717, 1.165) is 45.7 Å². The van der Waals surface area contributed by atoms with Crippen molar-refractivity contribution >= 4 is 12.0 Å². The molecule has 3 fully saturated rings. The van der Waals surface area contributed by atoms with E-state index in [0.29, 0.717) is 26.1 Å². The van der Waals surface area contributed by atoms with Crippen LogP contribution >= 0.6 is 0 Å². The average molecular weight is 387 g/mol. The Hall–Kier alpha value is -2.12. The van der Waals surface area contributed by atoms with Crippen LogP contribution in [0.5, 0.6) is 0 Å². The van der Waals surface area contributed by atoms with Gasteiger partial charge in [-0.15, -0.1) is 0 Å². The molecular formula is C21H29N3O4. The molecule has 0 bridgehead atoms. The largest absolute Gasteiger partial charge is 0.442 e. The summed E-state index contributed by atoms with van der Waals surface area (Å²) in [5.74, 6) is 0.141. The fourth-order valence-corrected chi connectivity index (χ4v) is 4.31. The Bertz CT molecular complexity index is 677. The Labute approximate surface area is 166 Å². The first-order valence-electron chi connectivity index (χ1n) is 10.3. The van der Waals surface area contributed by atoms with E-state index in [1.807, 2.05) is 40.1 Å². The number of morpholine rings is 1. The van der Waals surface area contributed by atoms with Crippen LogP contribution in [0.3, 0.4) is 0 Å². The summed E-state index contributed by atoms with van der Waals surface area (Å²) >= 11 is 0. The molecule has 1 aromatic rings. The minimum atomic E-state index is -0.228. The monoisotopic (exact) mass is 387 g/mol. The second-order valence-corrected chi connectivity index (χ2v) is 7.77. The zero-order chi connectivity index (χ0) is 19.3. The van der Waals surface area contributed by atoms with Crippen molar-refractivity contribution in [3.63, 3.8) is 0 Å². The van der Waals surface area contributed by atoms with E-state index in [2.05, 4.69) is 4.90 Å². The van der Waals surface area contributed by atoms with Gasteiger partial charge in [0, 0.05) is 39.1 Å². The number of hydrogen-bond acceptors (Lipinski definition) is 5. The molecule has 7 heteroatoms. The zero-order valence-corrected chi connectivity index (χ0v) is 16.3. The first-order valence-corrected chi connectivity index (χ1v) is 10.3. The molecule has 28 heavy (non-hydrogen) atoms. The Balaban J connectivity index is 1.24. The highest BCUT2D eigenvalue weighted by Crippen LogP contribution is 2.27. The van der Waals surface area contributed by atoms with E-state index in [-0.39, 0.29) is 24.1 Å². The highest BCUT2D eigenvalue weighted by Gasteiger charge is 2.48. The van der Waals surface area contributed by atoms with Crippen molar-refractivity contribution < 1.29 is 19.1 Å². The molecular weight excluding hydrogens is 358 g/mol. The SMILES string of the molecule is O=C(CCc1ccccc1)N1CC2OC(=O)N(CCCN3CCOCC3)C2C1. The summed E-state index contributed by atoms with van der Waals surface area (Å²) in [5.41, 5.74) is 1.17. The highest BCUT2D eigenvalue weighted by molar-refractivity contribution is 5.78. The van der Waals surface area contributed by atoms with Crippen molar-refractivity contribution in [2.45, 2.75) is 31.4 Å². The molecule has 7 nitrogen and oxygen atoms in total. The van der Waals surface area contributed by atoms with Gasteiger partial charge in [0.15, 0.2) is 0 Å². The van der Waals surface area contributed by atoms with Crippen LogP contribution in [-0.4, -0.2) is 91.3 Å². The Morgan fingerprint density at radius 2 is 1.86 bits per heavy atom. The molecule has 1 aromatic carbocycles. The maximum Gasteiger partial charge on any atom is 0.410 e. The van der Waals surface area contributed by atoms with E-state index in [4.69, 9.17) is 9.47 Å². The van der Waals surface area contributed by atoms with Crippen LogP contribution in [0, 0.1) is 0 Å². The van der Waals surface area contributed by atoms with Crippen molar-refractivity contribution in [2.24, 2.45) is 0 Å². The number of carbonyl (C=O) groups excluding carboxylic acids is 2. The number of nitrogens with zero attached hydrogens (tertiary/aromatic N) is 3. The molecule has 3 aliphatic rings. The lowest BCUT2D eigenvalue weighted by atomic mass is 10.1. The molecule has 0 radical (unpaired) electrons. The van der Waals surface area contributed by atoms with Crippen LogP contribution in [0.1, 0.15) is 18.4 Å². The minimum absolute atomic E-state index is 0.00198. The fraction of sp³-hybridized carbons (Fsp3) is 0.619. The topological polar surface area (TPSA) is 62.3 Å². The predicted molar refractivity (Wildman–Crippen MR) is 104 cm³/mol. The Morgan fingerprint density at radius 1 is 1.07 bits per heavy atom. The predicted octanol–water partition coefficient (Wildman–Crippen LogP) is 1.37. The number of benzene rings is 1. The van der Waals surface area contributed by atoms with Gasteiger partial charge in [0.05, 0.1) is 25.8 Å². The summed E-state index contributed by atoms with van der Waals surface area (Å²) in [4.78, 5) is 30.9. The van der Waals surface area contributed by atoms with Gasteiger partial charge in [0.1, 0.15) is 6.10 Å². The van der Waals surface area contributed by atoms with Gasteiger partial charge in [-0.2, -0.15) is 0 Å². The van der Waals surface area contributed by atoms with Gasteiger partial charge in [-0.05, 0) is 18.4 Å². The molecule has 3 aliphatic heterocycles. The molecule has 3 heterocycles. The van der Waals surface area contributed by atoms with Gasteiger partial charge in [-0.3, -0.25) is 14.6 Å². The molecule has 3 saturated heterocycles. The van der Waals surface area contributed by atoms with E-state index in [1.165, 1.54) is 5.56 Å². The van der Waals surface area contributed by atoms with Crippen molar-refractivity contribution in [1.29, 1.82) is 0 Å². The summed E-state index contributed by atoms with van der Waals surface area (Å²) < 4.78 is 10.9. The third-order valence-electron chi connectivity index (χ3n) is 5.92. The third-order valence-corrected chi connectivity index (χ3v) is 5.92. The van der Waals surface area contributed by atoms with Crippen LogP contribution in [0.25, 0.3) is 0 Å². The quantitative estimate of drug-likeness (QED) is 0.707. The van der Waals surface area contributed by atoms with E-state index in [9.17, 15) is 9.59 Å². The van der Waals surface area contributed by atoms with Crippen LogP contribution in [-0.2, 0) is 20.7 Å². The van der Waals surface area contributed by atoms with Crippen LogP contribution in [0.2, 0.25) is 0 Å². The molecule has 0 saturated carbocycles. The minimum Gasteiger partial charge on any atom is -0.442 e. The summed E-state index contributed by atoms with van der Waals surface area (Å²) in [6.45, 7) is 6.24. The lowest BCUT2D eigenvalue weighted by Crippen LogP contribution is -2.42. The number of rotatable bonds is 7. The normalized spacial score (nSPS) is 25.1. The first-order chi connectivity index (χ1) is 13.7. The average Bonchev–Trinajstić information content (AvgIpc) is 3.26. The lowest BCUT2D eigenvalue weighted by molar-refractivity contribution is -0.130. The molecule has 0 aromatic heterocycles. The van der Waals surface area contributed by atoms with Crippen LogP contribution < -0.4 is 0 Å². The van der Waals surface area contributed by atoms with Gasteiger partial charge in [-0.1, -0.05) is 30.3 Å². The van der Waals surface area contributed by atoms with E-state index in [1.54, 1.807) is 0 Å². The number of likely N-dealkylation sites (tertiary alicyclic amines) is 1. The maximum atomic E-state index is 12.6. The fourth-order valence-electron chi connectivity index (χ4n) is 4.31. The summed E-state index contributed by atoms with van der Waals surface area (Å²) in [7, 11) is 0. The number of aryl methyl sites for hydroxylation is 1. The number of fused-ring (bicyclic) bond motifs is 1. The Kier molecular flexibility index (Phi) is 6.12. The molecule has 0 spiro atoms. The molecule has 2 amide bonds. The van der Waals surface area contributed by atoms with Crippen molar-refractivity contribution in [3.8, 4) is 0 Å². The number of ether oxygens (including phenoxy) is 2. The van der Waals surface area contributed by atoms with E-state index < -0.39 is 0 Å². The van der Waals surface area contributed by atoms with Gasteiger partial charge in [-0.25, -0.2) is 4.79 Å². The first kappa shape index (κ1) is 19.2. The van der Waals surface area contributed by atoms with Gasteiger partial charge in [0.25, 0.3) is 0 Å². The van der Waals surface area contributed by atoms with Crippen molar-refractivity contribution in [2.75, 3.05) is 52.5 Å². The highest BCUT2D eigenvalue weighted by atomic mass is 16.6. The molecule has 0 N–H and O–H groups in total. The third kappa shape index (κ3) is 4.47.